The largest absolute Gasteiger partial charge is 0.379 e. The molecule has 2 heteroatoms. The van der Waals surface area contributed by atoms with Gasteiger partial charge in [-0.25, -0.2) is 0 Å². The van der Waals surface area contributed by atoms with Crippen LogP contribution in [0.2, 0.25) is 0 Å². The van der Waals surface area contributed by atoms with Crippen molar-refractivity contribution in [3.8, 4) is 0 Å². The highest BCUT2D eigenvalue weighted by Gasteiger charge is 2.28. The van der Waals surface area contributed by atoms with Gasteiger partial charge in [0.05, 0.1) is 5.60 Å². The molecular weight excluding hydrogens is 234 g/mol. The Balaban J connectivity index is 2.44. The molecule has 1 aliphatic rings. The normalized spacial score (nSPS) is 26.4. The van der Waals surface area contributed by atoms with E-state index < -0.39 is 0 Å². The lowest BCUT2D eigenvalue weighted by atomic mass is 9.76. The molecule has 1 N–H and O–H groups in total. The van der Waals surface area contributed by atoms with Crippen molar-refractivity contribution in [2.45, 2.75) is 84.3 Å². The Kier molecular flexibility index (Phi) is 7.38. The Morgan fingerprint density at radius 2 is 1.79 bits per heavy atom. The maximum Gasteiger partial charge on any atom is 0.0623 e. The van der Waals surface area contributed by atoms with Gasteiger partial charge >= 0.3 is 0 Å². The molecule has 0 aromatic carbocycles. The fourth-order valence-electron chi connectivity index (χ4n) is 3.37. The molecule has 0 aromatic rings. The van der Waals surface area contributed by atoms with Gasteiger partial charge in [-0.3, -0.25) is 0 Å². The monoisotopic (exact) mass is 269 g/mol. The van der Waals surface area contributed by atoms with E-state index in [2.05, 4.69) is 33.0 Å². The number of methoxy groups -OCH3 is 1. The fourth-order valence-corrected chi connectivity index (χ4v) is 3.37. The predicted molar refractivity (Wildman–Crippen MR) is 83.5 cm³/mol. The second-order valence-corrected chi connectivity index (χ2v) is 6.86. The molecule has 0 heterocycles. The van der Waals surface area contributed by atoms with Crippen LogP contribution in [0.1, 0.15) is 72.6 Å². The molecule has 1 aliphatic carbocycles. The molecule has 1 rings (SSSR count). The zero-order valence-electron chi connectivity index (χ0n) is 13.8. The van der Waals surface area contributed by atoms with Gasteiger partial charge in [0.15, 0.2) is 0 Å². The lowest BCUT2D eigenvalue weighted by Crippen LogP contribution is -2.39. The molecule has 1 atom stereocenters. The van der Waals surface area contributed by atoms with E-state index >= 15 is 0 Å². The van der Waals surface area contributed by atoms with Crippen LogP contribution in [-0.4, -0.2) is 25.3 Å². The number of hydrogen-bond donors (Lipinski definition) is 1. The molecule has 0 saturated heterocycles. The molecule has 0 bridgehead atoms. The van der Waals surface area contributed by atoms with Crippen molar-refractivity contribution in [1.82, 2.24) is 5.32 Å². The summed E-state index contributed by atoms with van der Waals surface area (Å²) in [6, 6.07) is 0.692. The first kappa shape index (κ1) is 17.0. The molecule has 19 heavy (non-hydrogen) atoms. The third-order valence-corrected chi connectivity index (χ3v) is 5.11. The van der Waals surface area contributed by atoms with Crippen molar-refractivity contribution in [2.75, 3.05) is 13.7 Å². The summed E-state index contributed by atoms with van der Waals surface area (Å²) in [5, 5.41) is 3.73. The first-order valence-corrected chi connectivity index (χ1v) is 8.31. The summed E-state index contributed by atoms with van der Waals surface area (Å²) < 4.78 is 5.56. The Hall–Kier alpha value is -0.0800. The van der Waals surface area contributed by atoms with Crippen molar-refractivity contribution < 1.29 is 4.74 Å². The van der Waals surface area contributed by atoms with E-state index in [0.717, 1.165) is 24.8 Å². The lowest BCUT2D eigenvalue weighted by molar-refractivity contribution is 0.00929. The van der Waals surface area contributed by atoms with E-state index in [1.54, 1.807) is 0 Å². The average Bonchev–Trinajstić information content (AvgIpc) is 2.43. The van der Waals surface area contributed by atoms with E-state index in [9.17, 15) is 0 Å². The van der Waals surface area contributed by atoms with E-state index in [-0.39, 0.29) is 5.60 Å². The van der Waals surface area contributed by atoms with Gasteiger partial charge in [-0.1, -0.05) is 33.1 Å². The molecule has 0 aromatic heterocycles. The summed E-state index contributed by atoms with van der Waals surface area (Å²) in [6.07, 6.45) is 9.49. The standard InChI is InChI=1S/C17H35NO/c1-6-14-8-10-15(11-9-14)16(18-7-2)12-13-17(3,4)19-5/h14-16,18H,6-13H2,1-5H3. The number of nitrogens with one attached hydrogen (secondary N) is 1. The van der Waals surface area contributed by atoms with Crippen molar-refractivity contribution in [3.05, 3.63) is 0 Å². The quantitative estimate of drug-likeness (QED) is 0.706. The second-order valence-electron chi connectivity index (χ2n) is 6.86. The van der Waals surface area contributed by atoms with Gasteiger partial charge in [-0.05, 0) is 57.9 Å². The average molecular weight is 269 g/mol. The predicted octanol–water partition coefficient (Wildman–Crippen LogP) is 4.39. The molecule has 1 fully saturated rings. The van der Waals surface area contributed by atoms with Gasteiger partial charge in [0.25, 0.3) is 0 Å². The minimum atomic E-state index is 0.0221. The first-order chi connectivity index (χ1) is 9.02. The van der Waals surface area contributed by atoms with Crippen LogP contribution >= 0.6 is 0 Å². The van der Waals surface area contributed by atoms with Gasteiger partial charge in [0.2, 0.25) is 0 Å². The SMILES string of the molecule is CCNC(CCC(C)(C)OC)C1CCC(CC)CC1. The molecule has 0 aliphatic heterocycles. The van der Waals surface area contributed by atoms with Crippen LogP contribution in [0.25, 0.3) is 0 Å². The van der Waals surface area contributed by atoms with Gasteiger partial charge in [0.1, 0.15) is 0 Å². The Labute approximate surface area is 120 Å². The summed E-state index contributed by atoms with van der Waals surface area (Å²) in [7, 11) is 1.83. The van der Waals surface area contributed by atoms with Crippen molar-refractivity contribution in [2.24, 2.45) is 11.8 Å². The van der Waals surface area contributed by atoms with Crippen LogP contribution in [0.5, 0.6) is 0 Å². The number of rotatable bonds is 8. The fraction of sp³-hybridized carbons (Fsp3) is 1.00. The van der Waals surface area contributed by atoms with E-state index in [1.807, 2.05) is 7.11 Å². The second kappa shape index (κ2) is 8.26. The Morgan fingerprint density at radius 1 is 1.16 bits per heavy atom. The van der Waals surface area contributed by atoms with E-state index in [0.29, 0.717) is 6.04 Å². The van der Waals surface area contributed by atoms with Gasteiger partial charge in [0, 0.05) is 13.2 Å². The molecule has 2 nitrogen and oxygen atoms in total. The molecule has 114 valence electrons. The highest BCUT2D eigenvalue weighted by molar-refractivity contribution is 4.83. The summed E-state index contributed by atoms with van der Waals surface area (Å²) in [5.74, 6) is 1.88. The number of hydrogen-bond acceptors (Lipinski definition) is 2. The van der Waals surface area contributed by atoms with Gasteiger partial charge in [-0.2, -0.15) is 0 Å². The van der Waals surface area contributed by atoms with Crippen LogP contribution in [0.15, 0.2) is 0 Å². The van der Waals surface area contributed by atoms with Crippen LogP contribution < -0.4 is 5.32 Å². The highest BCUT2D eigenvalue weighted by atomic mass is 16.5. The topological polar surface area (TPSA) is 21.3 Å². The highest BCUT2D eigenvalue weighted by Crippen LogP contribution is 2.34. The Morgan fingerprint density at radius 3 is 2.26 bits per heavy atom. The van der Waals surface area contributed by atoms with Gasteiger partial charge < -0.3 is 10.1 Å². The van der Waals surface area contributed by atoms with Crippen LogP contribution in [-0.2, 0) is 4.74 Å². The summed E-state index contributed by atoms with van der Waals surface area (Å²) in [5.41, 5.74) is 0.0221. The lowest BCUT2D eigenvalue weighted by Gasteiger charge is -2.35. The molecular formula is C17H35NO. The number of ether oxygens (including phenoxy) is 1. The summed E-state index contributed by atoms with van der Waals surface area (Å²) in [4.78, 5) is 0. The van der Waals surface area contributed by atoms with E-state index in [1.165, 1.54) is 38.5 Å². The molecule has 1 saturated carbocycles. The minimum absolute atomic E-state index is 0.0221. The minimum Gasteiger partial charge on any atom is -0.379 e. The molecule has 0 radical (unpaired) electrons. The Bertz CT molecular complexity index is 231. The smallest absolute Gasteiger partial charge is 0.0623 e. The summed E-state index contributed by atoms with van der Waals surface area (Å²) in [6.45, 7) is 10.1. The first-order valence-electron chi connectivity index (χ1n) is 8.31. The maximum atomic E-state index is 5.56. The van der Waals surface area contributed by atoms with Crippen molar-refractivity contribution >= 4 is 0 Å². The van der Waals surface area contributed by atoms with Crippen LogP contribution in [0.4, 0.5) is 0 Å². The van der Waals surface area contributed by atoms with Crippen LogP contribution in [0.3, 0.4) is 0 Å². The maximum absolute atomic E-state index is 5.56. The zero-order valence-corrected chi connectivity index (χ0v) is 13.8. The molecule has 0 spiro atoms. The zero-order chi connectivity index (χ0) is 14.3. The van der Waals surface area contributed by atoms with Gasteiger partial charge in [-0.15, -0.1) is 0 Å². The van der Waals surface area contributed by atoms with Crippen molar-refractivity contribution in [3.63, 3.8) is 0 Å². The van der Waals surface area contributed by atoms with Crippen molar-refractivity contribution in [1.29, 1.82) is 0 Å². The van der Waals surface area contributed by atoms with E-state index in [4.69, 9.17) is 4.74 Å². The molecule has 1 unspecified atom stereocenters. The third kappa shape index (κ3) is 5.83. The third-order valence-electron chi connectivity index (χ3n) is 5.11. The molecule has 0 amide bonds. The summed E-state index contributed by atoms with van der Waals surface area (Å²) >= 11 is 0. The van der Waals surface area contributed by atoms with Crippen LogP contribution in [0, 0.1) is 11.8 Å².